The maximum Gasteiger partial charge on any atom is 0.191 e. The van der Waals surface area contributed by atoms with Crippen molar-refractivity contribution in [1.82, 2.24) is 20.4 Å². The smallest absolute Gasteiger partial charge is 0.191 e. The Morgan fingerprint density at radius 3 is 2.33 bits per heavy atom. The summed E-state index contributed by atoms with van der Waals surface area (Å²) in [6, 6.07) is 10.6. The van der Waals surface area contributed by atoms with E-state index in [0.717, 1.165) is 38.4 Å². The molecule has 1 aliphatic rings. The van der Waals surface area contributed by atoms with Gasteiger partial charge in [-0.1, -0.05) is 37.3 Å². The van der Waals surface area contributed by atoms with E-state index >= 15 is 0 Å². The molecule has 1 aromatic rings. The van der Waals surface area contributed by atoms with E-state index < -0.39 is 0 Å². The third-order valence-electron chi connectivity index (χ3n) is 4.63. The van der Waals surface area contributed by atoms with E-state index in [9.17, 15) is 0 Å². The SMILES string of the molecule is CCN1CCN(CCNC(=NC)NCCCc2ccccc2)CC1. The normalized spacial score (nSPS) is 17.0. The molecule has 5 nitrogen and oxygen atoms in total. The van der Waals surface area contributed by atoms with Crippen LogP contribution in [-0.4, -0.2) is 75.2 Å². The van der Waals surface area contributed by atoms with Crippen molar-refractivity contribution < 1.29 is 0 Å². The van der Waals surface area contributed by atoms with Gasteiger partial charge in [0.15, 0.2) is 5.96 Å². The second-order valence-corrected chi connectivity index (χ2v) is 6.29. The molecule has 0 bridgehead atoms. The fourth-order valence-electron chi connectivity index (χ4n) is 3.03. The van der Waals surface area contributed by atoms with E-state index in [1.54, 1.807) is 0 Å². The van der Waals surface area contributed by atoms with Gasteiger partial charge >= 0.3 is 0 Å². The molecule has 24 heavy (non-hydrogen) atoms. The molecule has 134 valence electrons. The summed E-state index contributed by atoms with van der Waals surface area (Å²) in [6.07, 6.45) is 2.22. The molecule has 0 saturated carbocycles. The summed E-state index contributed by atoms with van der Waals surface area (Å²) in [7, 11) is 1.84. The fraction of sp³-hybridized carbons (Fsp3) is 0.632. The Kier molecular flexibility index (Phi) is 8.63. The van der Waals surface area contributed by atoms with Crippen molar-refractivity contribution >= 4 is 5.96 Å². The monoisotopic (exact) mass is 331 g/mol. The highest BCUT2D eigenvalue weighted by Crippen LogP contribution is 2.01. The Balaban J connectivity index is 1.54. The van der Waals surface area contributed by atoms with Gasteiger partial charge in [0.2, 0.25) is 0 Å². The Morgan fingerprint density at radius 1 is 1.00 bits per heavy atom. The fourth-order valence-corrected chi connectivity index (χ4v) is 3.03. The number of guanidine groups is 1. The molecule has 1 fully saturated rings. The number of likely N-dealkylation sites (N-methyl/N-ethyl adjacent to an activating group) is 1. The minimum atomic E-state index is 0.912. The van der Waals surface area contributed by atoms with Crippen LogP contribution in [0.1, 0.15) is 18.9 Å². The first-order chi connectivity index (χ1) is 11.8. The first-order valence-electron chi connectivity index (χ1n) is 9.25. The quantitative estimate of drug-likeness (QED) is 0.430. The number of benzene rings is 1. The number of piperazine rings is 1. The van der Waals surface area contributed by atoms with E-state index in [4.69, 9.17) is 0 Å². The average Bonchev–Trinajstić information content (AvgIpc) is 2.65. The van der Waals surface area contributed by atoms with Gasteiger partial charge < -0.3 is 15.5 Å². The van der Waals surface area contributed by atoms with Crippen LogP contribution in [0.4, 0.5) is 0 Å². The molecular weight excluding hydrogens is 298 g/mol. The molecule has 5 heteroatoms. The molecule has 0 spiro atoms. The van der Waals surface area contributed by atoms with Crippen LogP contribution < -0.4 is 10.6 Å². The lowest BCUT2D eigenvalue weighted by molar-refractivity contribution is 0.139. The zero-order valence-electron chi connectivity index (χ0n) is 15.3. The molecule has 0 radical (unpaired) electrons. The van der Waals surface area contributed by atoms with E-state index in [-0.39, 0.29) is 0 Å². The van der Waals surface area contributed by atoms with Crippen LogP contribution in [-0.2, 0) is 6.42 Å². The average molecular weight is 332 g/mol. The highest BCUT2D eigenvalue weighted by molar-refractivity contribution is 5.79. The van der Waals surface area contributed by atoms with E-state index in [0.29, 0.717) is 0 Å². The van der Waals surface area contributed by atoms with Crippen LogP contribution >= 0.6 is 0 Å². The van der Waals surface area contributed by atoms with Crippen LogP contribution in [0.3, 0.4) is 0 Å². The molecule has 2 N–H and O–H groups in total. The Hall–Kier alpha value is -1.59. The molecule has 0 atom stereocenters. The van der Waals surface area contributed by atoms with Gasteiger partial charge in [0.1, 0.15) is 0 Å². The number of aliphatic imine (C=N–C) groups is 1. The number of rotatable bonds is 8. The maximum atomic E-state index is 4.31. The summed E-state index contributed by atoms with van der Waals surface area (Å²) in [5.74, 6) is 0.912. The van der Waals surface area contributed by atoms with Crippen LogP contribution in [0.15, 0.2) is 35.3 Å². The first kappa shape index (κ1) is 18.7. The minimum Gasteiger partial charge on any atom is -0.356 e. The van der Waals surface area contributed by atoms with Crippen molar-refractivity contribution in [3.8, 4) is 0 Å². The van der Waals surface area contributed by atoms with Crippen molar-refractivity contribution in [2.45, 2.75) is 19.8 Å². The highest BCUT2D eigenvalue weighted by Gasteiger charge is 2.14. The van der Waals surface area contributed by atoms with Crippen molar-refractivity contribution in [2.75, 3.05) is 59.4 Å². The van der Waals surface area contributed by atoms with Crippen molar-refractivity contribution in [3.63, 3.8) is 0 Å². The number of nitrogens with zero attached hydrogens (tertiary/aromatic N) is 3. The van der Waals surface area contributed by atoms with Gasteiger partial charge in [0.25, 0.3) is 0 Å². The van der Waals surface area contributed by atoms with E-state index in [2.05, 4.69) is 62.7 Å². The zero-order valence-corrected chi connectivity index (χ0v) is 15.3. The van der Waals surface area contributed by atoms with Gasteiger partial charge in [-0.2, -0.15) is 0 Å². The summed E-state index contributed by atoms with van der Waals surface area (Å²) in [4.78, 5) is 9.35. The molecule has 0 amide bonds. The number of hydrogen-bond donors (Lipinski definition) is 2. The highest BCUT2D eigenvalue weighted by atomic mass is 15.3. The van der Waals surface area contributed by atoms with Crippen molar-refractivity contribution in [1.29, 1.82) is 0 Å². The molecule has 0 aliphatic carbocycles. The second-order valence-electron chi connectivity index (χ2n) is 6.29. The first-order valence-corrected chi connectivity index (χ1v) is 9.25. The van der Waals surface area contributed by atoms with Gasteiger partial charge in [0, 0.05) is 52.9 Å². The lowest BCUT2D eigenvalue weighted by atomic mass is 10.1. The van der Waals surface area contributed by atoms with Gasteiger partial charge in [-0.15, -0.1) is 0 Å². The summed E-state index contributed by atoms with van der Waals surface area (Å²) in [6.45, 7) is 11.1. The second kappa shape index (κ2) is 11.0. The number of nitrogens with one attached hydrogen (secondary N) is 2. The van der Waals surface area contributed by atoms with Crippen molar-refractivity contribution in [3.05, 3.63) is 35.9 Å². The number of hydrogen-bond acceptors (Lipinski definition) is 3. The molecule has 0 aromatic heterocycles. The molecular formula is C19H33N5. The summed E-state index contributed by atoms with van der Waals surface area (Å²) < 4.78 is 0. The Morgan fingerprint density at radius 2 is 1.67 bits per heavy atom. The minimum absolute atomic E-state index is 0.912. The van der Waals surface area contributed by atoms with Crippen LogP contribution in [0.5, 0.6) is 0 Å². The van der Waals surface area contributed by atoms with E-state index in [1.165, 1.54) is 38.3 Å². The molecule has 2 rings (SSSR count). The summed E-state index contributed by atoms with van der Waals surface area (Å²) >= 11 is 0. The molecule has 1 heterocycles. The lowest BCUT2D eigenvalue weighted by Crippen LogP contribution is -2.49. The molecule has 1 aliphatic heterocycles. The van der Waals surface area contributed by atoms with Crippen LogP contribution in [0.2, 0.25) is 0 Å². The summed E-state index contributed by atoms with van der Waals surface area (Å²) in [5, 5.41) is 6.83. The topological polar surface area (TPSA) is 42.9 Å². The van der Waals surface area contributed by atoms with Crippen LogP contribution in [0.25, 0.3) is 0 Å². The molecule has 1 aromatic carbocycles. The number of aryl methyl sites for hydroxylation is 1. The third kappa shape index (κ3) is 6.89. The summed E-state index contributed by atoms with van der Waals surface area (Å²) in [5.41, 5.74) is 1.40. The molecule has 1 saturated heterocycles. The standard InChI is InChI=1S/C19H33N5/c1-3-23-14-16-24(17-15-23)13-12-22-19(20-2)21-11-7-10-18-8-5-4-6-9-18/h4-6,8-9H,3,7,10-17H2,1-2H3,(H2,20,21,22). The van der Waals surface area contributed by atoms with Crippen LogP contribution in [0, 0.1) is 0 Å². The Labute approximate surface area is 147 Å². The zero-order chi connectivity index (χ0) is 17.0. The van der Waals surface area contributed by atoms with Crippen molar-refractivity contribution in [2.24, 2.45) is 4.99 Å². The third-order valence-corrected chi connectivity index (χ3v) is 4.63. The molecule has 0 unspecified atom stereocenters. The van der Waals surface area contributed by atoms with Gasteiger partial charge in [-0.25, -0.2) is 0 Å². The lowest BCUT2D eigenvalue weighted by Gasteiger charge is -2.34. The predicted octanol–water partition coefficient (Wildman–Crippen LogP) is 1.42. The maximum absolute atomic E-state index is 4.31. The predicted molar refractivity (Wildman–Crippen MR) is 103 cm³/mol. The van der Waals surface area contributed by atoms with E-state index in [1.807, 2.05) is 7.05 Å². The van der Waals surface area contributed by atoms with Gasteiger partial charge in [-0.3, -0.25) is 9.89 Å². The van der Waals surface area contributed by atoms with Gasteiger partial charge in [0.05, 0.1) is 0 Å². The Bertz CT molecular complexity index is 466. The largest absolute Gasteiger partial charge is 0.356 e. The van der Waals surface area contributed by atoms with Gasteiger partial charge in [-0.05, 0) is 24.9 Å².